The first-order chi connectivity index (χ1) is 5.24. The number of aryl methyl sites for hydroxylation is 1. The van der Waals surface area contributed by atoms with Gasteiger partial charge in [-0.05, 0) is 12.5 Å². The number of aromatic nitrogens is 1. The van der Waals surface area contributed by atoms with Crippen LogP contribution < -0.4 is 5.32 Å². The van der Waals surface area contributed by atoms with Crippen molar-refractivity contribution >= 4 is 5.91 Å². The molecule has 0 bridgehead atoms. The van der Waals surface area contributed by atoms with Crippen LogP contribution in [0.15, 0.2) is 12.4 Å². The SMILES string of the molecule is CNC(=O)c1[c]c(C)cnc1. The van der Waals surface area contributed by atoms with Gasteiger partial charge in [-0.2, -0.15) is 0 Å². The van der Waals surface area contributed by atoms with Crippen molar-refractivity contribution in [3.8, 4) is 0 Å². The van der Waals surface area contributed by atoms with E-state index in [2.05, 4.69) is 16.4 Å². The molecular formula is C8H9N2O. The van der Waals surface area contributed by atoms with Gasteiger partial charge in [-0.3, -0.25) is 9.78 Å². The van der Waals surface area contributed by atoms with Gasteiger partial charge in [0, 0.05) is 25.5 Å². The zero-order valence-corrected chi connectivity index (χ0v) is 6.51. The summed E-state index contributed by atoms with van der Waals surface area (Å²) in [5.41, 5.74) is 1.35. The highest BCUT2D eigenvalue weighted by atomic mass is 16.1. The Bertz CT molecular complexity index is 271. The number of nitrogens with zero attached hydrogens (tertiary/aromatic N) is 1. The molecule has 0 aliphatic rings. The van der Waals surface area contributed by atoms with E-state index in [0.717, 1.165) is 5.56 Å². The fraction of sp³-hybridized carbons (Fsp3) is 0.250. The van der Waals surface area contributed by atoms with Crippen molar-refractivity contribution in [3.05, 3.63) is 29.6 Å². The third-order valence-corrected chi connectivity index (χ3v) is 1.28. The third kappa shape index (κ3) is 1.77. The molecule has 1 aromatic heterocycles. The molecule has 0 aliphatic carbocycles. The van der Waals surface area contributed by atoms with Gasteiger partial charge < -0.3 is 5.32 Å². The van der Waals surface area contributed by atoms with E-state index >= 15 is 0 Å². The summed E-state index contributed by atoms with van der Waals surface area (Å²) < 4.78 is 0. The molecule has 0 atom stereocenters. The first kappa shape index (κ1) is 7.72. The van der Waals surface area contributed by atoms with Gasteiger partial charge in [0.25, 0.3) is 5.91 Å². The van der Waals surface area contributed by atoms with Crippen LogP contribution >= 0.6 is 0 Å². The van der Waals surface area contributed by atoms with Crippen LogP contribution in [0, 0.1) is 13.0 Å². The molecule has 1 amide bonds. The fourth-order valence-electron chi connectivity index (χ4n) is 0.751. The first-order valence-electron chi connectivity index (χ1n) is 3.30. The summed E-state index contributed by atoms with van der Waals surface area (Å²) in [7, 11) is 1.58. The number of nitrogens with one attached hydrogen (secondary N) is 1. The Morgan fingerprint density at radius 2 is 2.36 bits per heavy atom. The number of amides is 1. The molecule has 3 heteroatoms. The smallest absolute Gasteiger partial charge is 0.253 e. The van der Waals surface area contributed by atoms with E-state index in [-0.39, 0.29) is 5.91 Å². The second-order valence-electron chi connectivity index (χ2n) is 2.21. The quantitative estimate of drug-likeness (QED) is 0.633. The second kappa shape index (κ2) is 3.14. The number of carbonyl (C=O) groups is 1. The van der Waals surface area contributed by atoms with Crippen molar-refractivity contribution in [2.24, 2.45) is 0 Å². The summed E-state index contributed by atoms with van der Waals surface area (Å²) in [4.78, 5) is 14.8. The number of pyridine rings is 1. The summed E-state index contributed by atoms with van der Waals surface area (Å²) in [6.07, 6.45) is 3.15. The summed E-state index contributed by atoms with van der Waals surface area (Å²) in [6, 6.07) is 2.88. The summed E-state index contributed by atoms with van der Waals surface area (Å²) in [5.74, 6) is -0.152. The molecule has 3 nitrogen and oxygen atoms in total. The fourth-order valence-corrected chi connectivity index (χ4v) is 0.751. The molecule has 11 heavy (non-hydrogen) atoms. The zero-order chi connectivity index (χ0) is 8.27. The van der Waals surface area contributed by atoms with E-state index in [0.29, 0.717) is 5.56 Å². The second-order valence-corrected chi connectivity index (χ2v) is 2.21. The lowest BCUT2D eigenvalue weighted by atomic mass is 10.2. The van der Waals surface area contributed by atoms with Crippen LogP contribution in [-0.4, -0.2) is 17.9 Å². The largest absolute Gasteiger partial charge is 0.355 e. The maximum absolute atomic E-state index is 11.0. The topological polar surface area (TPSA) is 42.0 Å². The van der Waals surface area contributed by atoms with Gasteiger partial charge in [-0.15, -0.1) is 0 Å². The van der Waals surface area contributed by atoms with Crippen molar-refractivity contribution < 1.29 is 4.79 Å². The molecular weight excluding hydrogens is 140 g/mol. The Morgan fingerprint density at radius 1 is 1.64 bits per heavy atom. The Morgan fingerprint density at radius 3 is 2.91 bits per heavy atom. The predicted molar refractivity (Wildman–Crippen MR) is 41.2 cm³/mol. The molecule has 57 valence electrons. The van der Waals surface area contributed by atoms with E-state index in [1.54, 1.807) is 13.2 Å². The molecule has 0 aromatic carbocycles. The first-order valence-corrected chi connectivity index (χ1v) is 3.30. The van der Waals surface area contributed by atoms with Crippen LogP contribution in [0.25, 0.3) is 0 Å². The molecule has 0 unspecified atom stereocenters. The van der Waals surface area contributed by atoms with E-state index < -0.39 is 0 Å². The Hall–Kier alpha value is -1.38. The minimum Gasteiger partial charge on any atom is -0.355 e. The van der Waals surface area contributed by atoms with Crippen LogP contribution in [0.1, 0.15) is 15.9 Å². The molecule has 1 aromatic rings. The summed E-state index contributed by atoms with van der Waals surface area (Å²) in [5, 5.41) is 2.50. The Balaban J connectivity index is 2.96. The lowest BCUT2D eigenvalue weighted by Crippen LogP contribution is -2.18. The highest BCUT2D eigenvalue weighted by molar-refractivity contribution is 5.93. The van der Waals surface area contributed by atoms with Crippen LogP contribution in [0.4, 0.5) is 0 Å². The van der Waals surface area contributed by atoms with Crippen LogP contribution in [0.3, 0.4) is 0 Å². The van der Waals surface area contributed by atoms with E-state index in [1.807, 2.05) is 6.92 Å². The lowest BCUT2D eigenvalue weighted by molar-refractivity contribution is 0.0962. The number of carbonyl (C=O) groups excluding carboxylic acids is 1. The predicted octanol–water partition coefficient (Wildman–Crippen LogP) is 0.550. The van der Waals surface area contributed by atoms with Gasteiger partial charge in [0.1, 0.15) is 0 Å². The van der Waals surface area contributed by atoms with Crippen LogP contribution in [0.2, 0.25) is 0 Å². The van der Waals surface area contributed by atoms with E-state index in [9.17, 15) is 4.79 Å². The molecule has 1 N–H and O–H groups in total. The van der Waals surface area contributed by atoms with Gasteiger partial charge in [-0.25, -0.2) is 0 Å². The third-order valence-electron chi connectivity index (χ3n) is 1.28. The number of hydrogen-bond acceptors (Lipinski definition) is 2. The summed E-state index contributed by atoms with van der Waals surface area (Å²) >= 11 is 0. The average molecular weight is 149 g/mol. The van der Waals surface area contributed by atoms with Crippen LogP contribution in [-0.2, 0) is 0 Å². The number of rotatable bonds is 1. The maximum Gasteiger partial charge on any atom is 0.253 e. The molecule has 1 rings (SSSR count). The Labute approximate surface area is 65.5 Å². The van der Waals surface area contributed by atoms with Crippen molar-refractivity contribution in [2.75, 3.05) is 7.05 Å². The summed E-state index contributed by atoms with van der Waals surface area (Å²) in [6.45, 7) is 1.85. The molecule has 1 radical (unpaired) electrons. The minimum absolute atomic E-state index is 0.152. The van der Waals surface area contributed by atoms with E-state index in [4.69, 9.17) is 0 Å². The van der Waals surface area contributed by atoms with Gasteiger partial charge >= 0.3 is 0 Å². The van der Waals surface area contributed by atoms with Gasteiger partial charge in [0.2, 0.25) is 0 Å². The highest BCUT2D eigenvalue weighted by Crippen LogP contribution is 1.98. The molecule has 1 heterocycles. The van der Waals surface area contributed by atoms with Crippen molar-refractivity contribution in [3.63, 3.8) is 0 Å². The van der Waals surface area contributed by atoms with Gasteiger partial charge in [0.15, 0.2) is 0 Å². The average Bonchev–Trinajstić information content (AvgIpc) is 2.03. The van der Waals surface area contributed by atoms with Gasteiger partial charge in [0.05, 0.1) is 5.56 Å². The number of hydrogen-bond donors (Lipinski definition) is 1. The molecule has 0 aliphatic heterocycles. The molecule has 0 fully saturated rings. The molecule has 0 saturated carbocycles. The van der Waals surface area contributed by atoms with E-state index in [1.165, 1.54) is 6.20 Å². The minimum atomic E-state index is -0.152. The van der Waals surface area contributed by atoms with Crippen molar-refractivity contribution in [2.45, 2.75) is 6.92 Å². The van der Waals surface area contributed by atoms with Crippen molar-refractivity contribution in [1.82, 2.24) is 10.3 Å². The lowest BCUT2D eigenvalue weighted by Gasteiger charge is -1.97. The normalized spacial score (nSPS) is 9.27. The Kier molecular flexibility index (Phi) is 2.21. The zero-order valence-electron chi connectivity index (χ0n) is 6.51. The van der Waals surface area contributed by atoms with Gasteiger partial charge in [-0.1, -0.05) is 0 Å². The van der Waals surface area contributed by atoms with Crippen LogP contribution in [0.5, 0.6) is 0 Å². The maximum atomic E-state index is 11.0. The monoisotopic (exact) mass is 149 g/mol. The molecule has 0 saturated heterocycles. The molecule has 0 spiro atoms. The van der Waals surface area contributed by atoms with Crippen molar-refractivity contribution in [1.29, 1.82) is 0 Å². The standard InChI is InChI=1S/C8H9N2O/c1-6-3-7(5-10-4-6)8(11)9-2/h4-5H,1-2H3,(H,9,11). The highest BCUT2D eigenvalue weighted by Gasteiger charge is 2.01.